The molecule has 1 unspecified atom stereocenters. The summed E-state index contributed by atoms with van der Waals surface area (Å²) in [6.45, 7) is 0.443. The summed E-state index contributed by atoms with van der Waals surface area (Å²) < 4.78 is 11.5. The number of ether oxygens (including phenoxy) is 1. The zero-order valence-electron chi connectivity index (χ0n) is 16.0. The zero-order chi connectivity index (χ0) is 20.1. The van der Waals surface area contributed by atoms with Gasteiger partial charge in [-0.15, -0.1) is 0 Å². The van der Waals surface area contributed by atoms with Gasteiger partial charge in [0, 0.05) is 22.6 Å². The van der Waals surface area contributed by atoms with Crippen molar-refractivity contribution in [2.45, 2.75) is 6.04 Å². The molecule has 3 rings (SSSR count). The number of nitrogens with one attached hydrogen (secondary N) is 1. The van der Waals surface area contributed by atoms with Crippen LogP contribution < -0.4 is 10.1 Å². The maximum Gasteiger partial charge on any atom is 0.273 e. The molecule has 0 aliphatic rings. The Morgan fingerprint density at radius 2 is 1.86 bits per heavy atom. The van der Waals surface area contributed by atoms with Crippen LogP contribution in [0.2, 0.25) is 0 Å². The second-order valence-corrected chi connectivity index (χ2v) is 7.46. The molecule has 1 heterocycles. The molecule has 6 nitrogen and oxygen atoms in total. The molecule has 1 aromatic heterocycles. The number of benzene rings is 2. The van der Waals surface area contributed by atoms with Gasteiger partial charge in [0.25, 0.3) is 5.91 Å². The molecular formula is C21H22BrN3O3. The summed E-state index contributed by atoms with van der Waals surface area (Å²) in [5.41, 5.74) is 2.20. The van der Waals surface area contributed by atoms with Crippen LogP contribution in [-0.4, -0.2) is 43.7 Å². The van der Waals surface area contributed by atoms with Crippen molar-refractivity contribution >= 4 is 21.8 Å². The average Bonchev–Trinajstić information content (AvgIpc) is 3.19. The summed E-state index contributed by atoms with van der Waals surface area (Å²) in [4.78, 5) is 14.6. The molecule has 28 heavy (non-hydrogen) atoms. The molecule has 0 spiro atoms. The number of halogens is 1. The monoisotopic (exact) mass is 443 g/mol. The third kappa shape index (κ3) is 4.79. The van der Waals surface area contributed by atoms with Crippen molar-refractivity contribution in [2.75, 3.05) is 27.7 Å². The number of likely N-dealkylation sites (N-methyl/N-ethyl adjacent to an activating group) is 1. The molecule has 1 atom stereocenters. The first kappa shape index (κ1) is 20.1. The van der Waals surface area contributed by atoms with Crippen LogP contribution in [0.15, 0.2) is 63.6 Å². The van der Waals surface area contributed by atoms with E-state index in [9.17, 15) is 4.79 Å². The first-order valence-corrected chi connectivity index (χ1v) is 9.58. The first-order valence-electron chi connectivity index (χ1n) is 8.79. The van der Waals surface area contributed by atoms with Crippen molar-refractivity contribution in [3.05, 3.63) is 70.3 Å². The van der Waals surface area contributed by atoms with Crippen LogP contribution in [0, 0.1) is 0 Å². The highest BCUT2D eigenvalue weighted by atomic mass is 79.9. The van der Waals surface area contributed by atoms with Gasteiger partial charge in [0.05, 0.1) is 13.2 Å². The van der Waals surface area contributed by atoms with Crippen LogP contribution >= 0.6 is 15.9 Å². The second-order valence-electron chi connectivity index (χ2n) is 6.55. The second kappa shape index (κ2) is 9.03. The van der Waals surface area contributed by atoms with E-state index in [1.165, 1.54) is 0 Å². The Kier molecular flexibility index (Phi) is 6.49. The van der Waals surface area contributed by atoms with Crippen molar-refractivity contribution in [2.24, 2.45) is 0 Å². The van der Waals surface area contributed by atoms with Crippen LogP contribution in [0.25, 0.3) is 11.3 Å². The van der Waals surface area contributed by atoms with Crippen LogP contribution in [0.5, 0.6) is 5.75 Å². The Labute approximate surface area is 172 Å². The van der Waals surface area contributed by atoms with Crippen LogP contribution in [0.3, 0.4) is 0 Å². The summed E-state index contributed by atoms with van der Waals surface area (Å²) in [5.74, 6) is 1.08. The van der Waals surface area contributed by atoms with E-state index in [4.69, 9.17) is 9.26 Å². The minimum absolute atomic E-state index is 0.0210. The number of nitrogens with zero attached hydrogens (tertiary/aromatic N) is 2. The minimum Gasteiger partial charge on any atom is -0.497 e. The molecule has 0 aliphatic heterocycles. The van der Waals surface area contributed by atoms with Crippen molar-refractivity contribution < 1.29 is 14.1 Å². The number of aromatic nitrogens is 1. The van der Waals surface area contributed by atoms with Gasteiger partial charge < -0.3 is 19.5 Å². The zero-order valence-corrected chi connectivity index (χ0v) is 17.6. The minimum atomic E-state index is -0.271. The van der Waals surface area contributed by atoms with Gasteiger partial charge in [0.2, 0.25) is 0 Å². The molecule has 146 valence electrons. The highest BCUT2D eigenvalue weighted by Crippen LogP contribution is 2.23. The van der Waals surface area contributed by atoms with E-state index in [0.717, 1.165) is 21.3 Å². The van der Waals surface area contributed by atoms with Crippen LogP contribution in [-0.2, 0) is 0 Å². The van der Waals surface area contributed by atoms with Crippen molar-refractivity contribution in [3.63, 3.8) is 0 Å². The maximum atomic E-state index is 12.5. The Morgan fingerprint density at radius 3 is 2.46 bits per heavy atom. The Morgan fingerprint density at radius 1 is 1.18 bits per heavy atom. The highest BCUT2D eigenvalue weighted by Gasteiger charge is 2.18. The van der Waals surface area contributed by atoms with Crippen molar-refractivity contribution in [1.82, 2.24) is 15.4 Å². The normalized spacial score (nSPS) is 12.0. The number of rotatable bonds is 7. The maximum absolute atomic E-state index is 12.5. The standard InChI is InChI=1S/C21H22BrN3O3/c1-25(2)19(14-6-10-17(27-3)11-7-14)13-23-21(26)18-12-20(28-24-18)15-4-8-16(22)9-5-15/h4-12,19H,13H2,1-3H3,(H,23,26). The van der Waals surface area contributed by atoms with Crippen molar-refractivity contribution in [1.29, 1.82) is 0 Å². The fraction of sp³-hybridized carbons (Fsp3) is 0.238. The first-order chi connectivity index (χ1) is 13.5. The lowest BCUT2D eigenvalue weighted by molar-refractivity contribution is 0.0933. The summed E-state index contributed by atoms with van der Waals surface area (Å²) in [7, 11) is 5.59. The third-order valence-electron chi connectivity index (χ3n) is 4.45. The van der Waals surface area contributed by atoms with Gasteiger partial charge in [-0.1, -0.05) is 45.4 Å². The molecule has 0 aliphatic carbocycles. The highest BCUT2D eigenvalue weighted by molar-refractivity contribution is 9.10. The number of hydrogen-bond donors (Lipinski definition) is 1. The molecule has 1 N–H and O–H groups in total. The van der Waals surface area contributed by atoms with Gasteiger partial charge in [-0.2, -0.15) is 0 Å². The van der Waals surface area contributed by atoms with E-state index in [0.29, 0.717) is 12.3 Å². The summed E-state index contributed by atoms with van der Waals surface area (Å²) in [6, 6.07) is 17.1. The average molecular weight is 444 g/mol. The predicted molar refractivity (Wildman–Crippen MR) is 111 cm³/mol. The molecule has 7 heteroatoms. The summed E-state index contributed by atoms with van der Waals surface area (Å²) in [5, 5.41) is 6.84. The molecule has 0 saturated carbocycles. The number of carbonyl (C=O) groups is 1. The van der Waals surface area contributed by atoms with E-state index < -0.39 is 0 Å². The Balaban J connectivity index is 1.67. The Bertz CT molecular complexity index is 921. The van der Waals surface area contributed by atoms with Gasteiger partial charge in [-0.05, 0) is 43.9 Å². The summed E-state index contributed by atoms with van der Waals surface area (Å²) >= 11 is 3.40. The van der Waals surface area contributed by atoms with E-state index >= 15 is 0 Å². The number of carbonyl (C=O) groups excluding carboxylic acids is 1. The van der Waals surface area contributed by atoms with Crippen LogP contribution in [0.4, 0.5) is 0 Å². The van der Waals surface area contributed by atoms with E-state index in [1.807, 2.05) is 62.6 Å². The molecular weight excluding hydrogens is 422 g/mol. The van der Waals surface area contributed by atoms with Gasteiger partial charge >= 0.3 is 0 Å². The molecule has 0 fully saturated rings. The van der Waals surface area contributed by atoms with Gasteiger partial charge in [0.1, 0.15) is 5.75 Å². The smallest absolute Gasteiger partial charge is 0.273 e. The lowest BCUT2D eigenvalue weighted by atomic mass is 10.1. The lowest BCUT2D eigenvalue weighted by Gasteiger charge is -2.25. The fourth-order valence-electron chi connectivity index (χ4n) is 2.84. The van der Waals surface area contributed by atoms with Gasteiger partial charge in [-0.3, -0.25) is 4.79 Å². The third-order valence-corrected chi connectivity index (χ3v) is 4.98. The topological polar surface area (TPSA) is 67.6 Å². The van der Waals surface area contributed by atoms with Gasteiger partial charge in [0.15, 0.2) is 11.5 Å². The SMILES string of the molecule is COc1ccc(C(CNC(=O)c2cc(-c3ccc(Br)cc3)on2)N(C)C)cc1. The molecule has 0 radical (unpaired) electrons. The lowest BCUT2D eigenvalue weighted by Crippen LogP contribution is -2.34. The quantitative estimate of drug-likeness (QED) is 0.593. The van der Waals surface area contributed by atoms with E-state index in [-0.39, 0.29) is 17.6 Å². The molecule has 1 amide bonds. The van der Waals surface area contributed by atoms with Gasteiger partial charge in [-0.25, -0.2) is 0 Å². The van der Waals surface area contributed by atoms with Crippen molar-refractivity contribution in [3.8, 4) is 17.1 Å². The van der Waals surface area contributed by atoms with E-state index in [1.54, 1.807) is 13.2 Å². The largest absolute Gasteiger partial charge is 0.497 e. The van der Waals surface area contributed by atoms with E-state index in [2.05, 4.69) is 31.3 Å². The molecule has 3 aromatic rings. The summed E-state index contributed by atoms with van der Waals surface area (Å²) in [6.07, 6.45) is 0. The number of hydrogen-bond acceptors (Lipinski definition) is 5. The molecule has 0 saturated heterocycles. The van der Waals surface area contributed by atoms with Crippen LogP contribution in [0.1, 0.15) is 22.1 Å². The fourth-order valence-corrected chi connectivity index (χ4v) is 3.10. The predicted octanol–water partition coefficient (Wildman–Crippen LogP) is 4.15. The Hall–Kier alpha value is -2.64. The number of methoxy groups -OCH3 is 1. The molecule has 0 bridgehead atoms. The molecule has 2 aromatic carbocycles. The number of amides is 1.